The van der Waals surface area contributed by atoms with E-state index >= 15 is 0 Å². The van der Waals surface area contributed by atoms with Crippen molar-refractivity contribution in [3.8, 4) is 5.75 Å². The van der Waals surface area contributed by atoms with Crippen molar-refractivity contribution in [1.82, 2.24) is 23.9 Å². The average Bonchev–Trinajstić information content (AvgIpc) is 3.56. The van der Waals surface area contributed by atoms with Gasteiger partial charge in [0.2, 0.25) is 5.91 Å². The topological polar surface area (TPSA) is 129 Å². The third-order valence-electron chi connectivity index (χ3n) is 5.67. The van der Waals surface area contributed by atoms with Crippen LogP contribution in [0.3, 0.4) is 0 Å². The lowest BCUT2D eigenvalue weighted by Gasteiger charge is -2.24. The number of aliphatic hydroxyl groups is 1. The molecular formula is C22H25F2N5O6S. The minimum Gasteiger partial charge on any atom is -0.491 e. The molecule has 2 aromatic heterocycles. The Labute approximate surface area is 205 Å². The van der Waals surface area contributed by atoms with Crippen molar-refractivity contribution in [1.29, 1.82) is 0 Å². The van der Waals surface area contributed by atoms with Crippen molar-refractivity contribution in [2.75, 3.05) is 26.9 Å². The molecule has 36 heavy (non-hydrogen) atoms. The number of aliphatic hydroxyl groups excluding tert-OH is 1. The van der Waals surface area contributed by atoms with Gasteiger partial charge in [0.25, 0.3) is 16.4 Å². The summed E-state index contributed by atoms with van der Waals surface area (Å²) < 4.78 is 63.1. The minimum atomic E-state index is -4.14. The maximum atomic E-state index is 13.3. The fourth-order valence-electron chi connectivity index (χ4n) is 3.90. The molecule has 0 radical (unpaired) electrons. The average molecular weight is 526 g/mol. The van der Waals surface area contributed by atoms with E-state index in [-0.39, 0.29) is 30.5 Å². The number of hydrogen-bond acceptors (Lipinski definition) is 8. The number of benzene rings is 1. The van der Waals surface area contributed by atoms with Crippen LogP contribution in [0.4, 0.5) is 8.78 Å². The summed E-state index contributed by atoms with van der Waals surface area (Å²) in [4.78, 5) is 14.5. The van der Waals surface area contributed by atoms with Crippen LogP contribution >= 0.6 is 0 Å². The Morgan fingerprint density at radius 3 is 2.67 bits per heavy atom. The molecule has 3 aromatic rings. The number of alkyl halides is 2. The highest BCUT2D eigenvalue weighted by Crippen LogP contribution is 2.31. The van der Waals surface area contributed by atoms with E-state index in [4.69, 9.17) is 9.47 Å². The molecule has 194 valence electrons. The third kappa shape index (κ3) is 5.24. The highest BCUT2D eigenvalue weighted by molar-refractivity contribution is 7.89. The number of methoxy groups -OCH3 is 1. The van der Waals surface area contributed by atoms with Crippen molar-refractivity contribution in [2.24, 2.45) is 0 Å². The molecule has 14 heteroatoms. The summed E-state index contributed by atoms with van der Waals surface area (Å²) in [6.07, 6.45) is 0.614. The molecule has 1 aliphatic rings. The second-order valence-corrected chi connectivity index (χ2v) is 9.87. The lowest BCUT2D eigenvalue weighted by Crippen LogP contribution is -2.33. The van der Waals surface area contributed by atoms with E-state index in [2.05, 4.69) is 10.2 Å². The molecular weight excluding hydrogens is 500 g/mol. The number of carbonyl (C=O) groups excluding carboxylic acids is 1. The number of para-hydroxylation sites is 1. The molecule has 1 aromatic carbocycles. The van der Waals surface area contributed by atoms with Crippen LogP contribution in [-0.4, -0.2) is 76.7 Å². The van der Waals surface area contributed by atoms with Gasteiger partial charge in [0.1, 0.15) is 23.8 Å². The number of amides is 1. The molecule has 0 saturated heterocycles. The summed E-state index contributed by atoms with van der Waals surface area (Å²) in [6, 6.07) is 6.91. The standard InChI is InChI=1S/C22H25F2N5O6S/c1-34-6-7-35-20-5-3-2-4-17(20)18(14-30)22(31)27-9-15-10-29(26-19(15)12-27)36(32,33)16-8-25-28(11-16)13-21(23)24/h2-5,8,10-11,18,21,30H,6-7,9,12-14H2,1H3/t18-/m1/s1. The zero-order chi connectivity index (χ0) is 25.9. The quantitative estimate of drug-likeness (QED) is 0.370. The van der Waals surface area contributed by atoms with Crippen LogP contribution in [0, 0.1) is 0 Å². The second kappa shape index (κ2) is 10.7. The van der Waals surface area contributed by atoms with Crippen molar-refractivity contribution in [3.63, 3.8) is 0 Å². The van der Waals surface area contributed by atoms with Gasteiger partial charge in [-0.25, -0.2) is 8.78 Å². The Morgan fingerprint density at radius 1 is 1.19 bits per heavy atom. The zero-order valence-electron chi connectivity index (χ0n) is 19.3. The Morgan fingerprint density at radius 2 is 1.97 bits per heavy atom. The molecule has 1 N–H and O–H groups in total. The van der Waals surface area contributed by atoms with Crippen LogP contribution < -0.4 is 4.74 Å². The normalized spacial score (nSPS) is 14.3. The van der Waals surface area contributed by atoms with Crippen molar-refractivity contribution < 1.29 is 36.6 Å². The Kier molecular flexibility index (Phi) is 7.66. The van der Waals surface area contributed by atoms with Gasteiger partial charge in [-0.05, 0) is 6.07 Å². The van der Waals surface area contributed by atoms with Gasteiger partial charge in [0.15, 0.2) is 0 Å². The van der Waals surface area contributed by atoms with E-state index < -0.39 is 35.5 Å². The molecule has 1 aliphatic heterocycles. The fraction of sp³-hybridized carbons (Fsp3) is 0.409. The molecule has 0 unspecified atom stereocenters. The van der Waals surface area contributed by atoms with E-state index in [0.717, 1.165) is 21.2 Å². The molecule has 1 atom stereocenters. The van der Waals surface area contributed by atoms with E-state index in [9.17, 15) is 27.1 Å². The smallest absolute Gasteiger partial charge is 0.286 e. The summed E-state index contributed by atoms with van der Waals surface area (Å²) in [5.41, 5.74) is 1.43. The number of aromatic nitrogens is 4. The summed E-state index contributed by atoms with van der Waals surface area (Å²) in [7, 11) is -2.60. The van der Waals surface area contributed by atoms with Crippen LogP contribution in [0.25, 0.3) is 0 Å². The maximum Gasteiger partial charge on any atom is 0.286 e. The van der Waals surface area contributed by atoms with Crippen molar-refractivity contribution in [3.05, 3.63) is 59.7 Å². The van der Waals surface area contributed by atoms with E-state index in [1.54, 1.807) is 31.4 Å². The summed E-state index contributed by atoms with van der Waals surface area (Å²) >= 11 is 0. The molecule has 0 bridgehead atoms. The summed E-state index contributed by atoms with van der Waals surface area (Å²) in [6.45, 7) is -0.400. The number of carbonyl (C=O) groups is 1. The third-order valence-corrected chi connectivity index (χ3v) is 7.15. The maximum absolute atomic E-state index is 13.3. The first-order chi connectivity index (χ1) is 17.2. The molecule has 3 heterocycles. The van der Waals surface area contributed by atoms with E-state index in [1.807, 2.05) is 0 Å². The lowest BCUT2D eigenvalue weighted by atomic mass is 9.97. The molecule has 1 amide bonds. The van der Waals surface area contributed by atoms with E-state index in [0.29, 0.717) is 29.2 Å². The molecule has 0 aliphatic carbocycles. The van der Waals surface area contributed by atoms with Crippen molar-refractivity contribution in [2.45, 2.75) is 36.9 Å². The Balaban J connectivity index is 1.49. The summed E-state index contributed by atoms with van der Waals surface area (Å²) in [5, 5.41) is 17.8. The number of halogens is 2. The number of rotatable bonds is 11. The highest BCUT2D eigenvalue weighted by atomic mass is 32.2. The zero-order valence-corrected chi connectivity index (χ0v) is 20.1. The van der Waals surface area contributed by atoms with Gasteiger partial charge >= 0.3 is 0 Å². The van der Waals surface area contributed by atoms with Gasteiger partial charge < -0.3 is 19.5 Å². The summed E-state index contributed by atoms with van der Waals surface area (Å²) in [5.74, 6) is -0.784. The first-order valence-corrected chi connectivity index (χ1v) is 12.4. The molecule has 11 nitrogen and oxygen atoms in total. The molecule has 0 saturated carbocycles. The number of hydrogen-bond donors (Lipinski definition) is 1. The van der Waals surface area contributed by atoms with Gasteiger partial charge in [-0.15, -0.1) is 0 Å². The predicted molar refractivity (Wildman–Crippen MR) is 121 cm³/mol. The largest absolute Gasteiger partial charge is 0.491 e. The SMILES string of the molecule is COCCOc1ccccc1[C@@H](CO)C(=O)N1Cc2cn(S(=O)(=O)c3cnn(CC(F)F)c3)nc2C1. The van der Waals surface area contributed by atoms with Crippen LogP contribution in [0.15, 0.2) is 47.8 Å². The Hall–Kier alpha value is -3.36. The second-order valence-electron chi connectivity index (χ2n) is 8.08. The monoisotopic (exact) mass is 525 g/mol. The predicted octanol–water partition coefficient (Wildman–Crippen LogP) is 1.23. The van der Waals surface area contributed by atoms with Gasteiger partial charge in [-0.3, -0.25) is 9.48 Å². The first kappa shape index (κ1) is 25.7. The molecule has 0 spiro atoms. The van der Waals surface area contributed by atoms with Gasteiger partial charge in [-0.2, -0.15) is 22.7 Å². The Bertz CT molecular complexity index is 1300. The number of nitrogens with zero attached hydrogens (tertiary/aromatic N) is 5. The van der Waals surface area contributed by atoms with Gasteiger partial charge in [0.05, 0.1) is 37.6 Å². The van der Waals surface area contributed by atoms with Crippen LogP contribution in [-0.2, 0) is 39.2 Å². The van der Waals surface area contributed by atoms with Gasteiger partial charge in [-0.1, -0.05) is 18.2 Å². The van der Waals surface area contributed by atoms with Crippen LogP contribution in [0.1, 0.15) is 22.7 Å². The first-order valence-electron chi connectivity index (χ1n) is 11.0. The number of fused-ring (bicyclic) bond motifs is 1. The van der Waals surface area contributed by atoms with Crippen LogP contribution in [0.5, 0.6) is 5.75 Å². The van der Waals surface area contributed by atoms with E-state index in [1.165, 1.54) is 11.1 Å². The lowest BCUT2D eigenvalue weighted by molar-refractivity contribution is -0.134. The highest BCUT2D eigenvalue weighted by Gasteiger charge is 2.34. The fourth-order valence-corrected chi connectivity index (χ4v) is 5.02. The van der Waals surface area contributed by atoms with Crippen LogP contribution in [0.2, 0.25) is 0 Å². The molecule has 4 rings (SSSR count). The minimum absolute atomic E-state index is 0.0462. The number of ether oxygens (including phenoxy) is 2. The molecule has 0 fully saturated rings. The van der Waals surface area contributed by atoms with Crippen molar-refractivity contribution >= 4 is 15.9 Å². The van der Waals surface area contributed by atoms with Gasteiger partial charge in [0, 0.05) is 37.2 Å².